The third-order valence-corrected chi connectivity index (χ3v) is 7.65. The summed E-state index contributed by atoms with van der Waals surface area (Å²) in [6.07, 6.45) is 4.01. The van der Waals surface area contributed by atoms with Crippen molar-refractivity contribution in [3.05, 3.63) is 64.7 Å². The molecule has 31 heavy (non-hydrogen) atoms. The zero-order chi connectivity index (χ0) is 22.4. The van der Waals surface area contributed by atoms with E-state index in [0.29, 0.717) is 29.2 Å². The number of hydrogen-bond acceptors (Lipinski definition) is 4. The number of sulfonamides is 1. The molecule has 1 fully saturated rings. The van der Waals surface area contributed by atoms with Crippen molar-refractivity contribution >= 4 is 33.3 Å². The van der Waals surface area contributed by atoms with E-state index in [2.05, 4.69) is 0 Å². The lowest BCUT2D eigenvalue weighted by atomic mass is 10.2. The zero-order valence-corrected chi connectivity index (χ0v) is 19.2. The maximum atomic E-state index is 13.4. The molecule has 0 saturated carbocycles. The number of hydrogen-bond donors (Lipinski definition) is 0. The Kier molecular flexibility index (Phi) is 7.86. The topological polar surface area (TPSA) is 74.8 Å². The summed E-state index contributed by atoms with van der Waals surface area (Å²) in [5, 5.41) is 0.442. The highest BCUT2D eigenvalue weighted by molar-refractivity contribution is 7.89. The van der Waals surface area contributed by atoms with Crippen molar-refractivity contribution in [1.82, 2.24) is 9.21 Å². The molecule has 6 nitrogen and oxygen atoms in total. The Hall–Kier alpha value is -2.22. The molecule has 1 heterocycles. The van der Waals surface area contributed by atoms with Gasteiger partial charge in [0, 0.05) is 30.2 Å². The van der Waals surface area contributed by atoms with Gasteiger partial charge in [-0.15, -0.1) is 0 Å². The number of likely N-dealkylation sites (tertiary alicyclic amines) is 1. The summed E-state index contributed by atoms with van der Waals surface area (Å²) in [7, 11) is -3.99. The Morgan fingerprint density at radius 1 is 0.968 bits per heavy atom. The molecule has 1 aliphatic heterocycles. The van der Waals surface area contributed by atoms with Crippen molar-refractivity contribution in [3.8, 4) is 0 Å². The fourth-order valence-electron chi connectivity index (χ4n) is 3.62. The second-order valence-electron chi connectivity index (χ2n) is 7.74. The van der Waals surface area contributed by atoms with Gasteiger partial charge in [-0.1, -0.05) is 54.8 Å². The standard InChI is InChI=1S/C23H27ClN2O4S/c1-18(27)19-10-12-21(13-11-19)31(29,30)26(16-20-8-4-5-9-22(20)24)17-23(28)25-14-6-2-3-7-15-25/h4-5,8-13H,2-3,6-7,14-17H2,1H3. The number of Topliss-reactive ketones (excluding diaryl/α,β-unsaturated/α-hetero) is 1. The van der Waals surface area contributed by atoms with E-state index in [1.807, 2.05) is 0 Å². The molecule has 0 atom stereocenters. The molecule has 2 aromatic carbocycles. The zero-order valence-electron chi connectivity index (χ0n) is 17.6. The summed E-state index contributed by atoms with van der Waals surface area (Å²) in [5.74, 6) is -0.355. The first-order valence-corrected chi connectivity index (χ1v) is 12.2. The second kappa shape index (κ2) is 10.4. The summed E-state index contributed by atoms with van der Waals surface area (Å²) in [6.45, 7) is 2.43. The molecule has 166 valence electrons. The minimum Gasteiger partial charge on any atom is -0.342 e. The molecule has 0 bridgehead atoms. The van der Waals surface area contributed by atoms with Crippen LogP contribution in [-0.2, 0) is 21.4 Å². The Bertz CT molecular complexity index is 1030. The summed E-state index contributed by atoms with van der Waals surface area (Å²) < 4.78 is 28.1. The van der Waals surface area contributed by atoms with Crippen LogP contribution in [0.5, 0.6) is 0 Å². The third-order valence-electron chi connectivity index (χ3n) is 5.47. The predicted octanol–water partition coefficient (Wildman–Crippen LogP) is 4.14. The van der Waals surface area contributed by atoms with Crippen LogP contribution in [0.4, 0.5) is 0 Å². The predicted molar refractivity (Wildman–Crippen MR) is 121 cm³/mol. The van der Waals surface area contributed by atoms with E-state index in [1.165, 1.54) is 35.5 Å². The first-order valence-electron chi connectivity index (χ1n) is 10.4. The van der Waals surface area contributed by atoms with Crippen molar-refractivity contribution in [1.29, 1.82) is 0 Å². The summed E-state index contributed by atoms with van der Waals surface area (Å²) >= 11 is 6.27. The number of ketones is 1. The van der Waals surface area contributed by atoms with E-state index in [0.717, 1.165) is 25.7 Å². The van der Waals surface area contributed by atoms with Crippen LogP contribution in [0.3, 0.4) is 0 Å². The van der Waals surface area contributed by atoms with Crippen LogP contribution in [0.1, 0.15) is 48.5 Å². The van der Waals surface area contributed by atoms with Crippen molar-refractivity contribution in [2.24, 2.45) is 0 Å². The lowest BCUT2D eigenvalue weighted by molar-refractivity contribution is -0.131. The van der Waals surface area contributed by atoms with Crippen molar-refractivity contribution < 1.29 is 18.0 Å². The monoisotopic (exact) mass is 462 g/mol. The van der Waals surface area contributed by atoms with E-state index in [9.17, 15) is 18.0 Å². The van der Waals surface area contributed by atoms with Gasteiger partial charge in [-0.2, -0.15) is 4.31 Å². The molecular weight excluding hydrogens is 436 g/mol. The average Bonchev–Trinajstić information content (AvgIpc) is 3.04. The van der Waals surface area contributed by atoms with Gasteiger partial charge in [0.25, 0.3) is 0 Å². The van der Waals surface area contributed by atoms with Gasteiger partial charge in [-0.25, -0.2) is 8.42 Å². The Labute approximate surface area is 188 Å². The van der Waals surface area contributed by atoms with Crippen molar-refractivity contribution in [2.45, 2.75) is 44.0 Å². The first-order chi connectivity index (χ1) is 14.8. The number of carbonyl (C=O) groups excluding carboxylic acids is 2. The SMILES string of the molecule is CC(=O)c1ccc(S(=O)(=O)N(CC(=O)N2CCCCCC2)Cc2ccccc2Cl)cc1. The maximum Gasteiger partial charge on any atom is 0.243 e. The summed E-state index contributed by atoms with van der Waals surface area (Å²) in [6, 6.07) is 12.8. The van der Waals surface area contributed by atoms with Gasteiger partial charge in [0.1, 0.15) is 0 Å². The number of amides is 1. The summed E-state index contributed by atoms with van der Waals surface area (Å²) in [5.41, 5.74) is 1.05. The van der Waals surface area contributed by atoms with Gasteiger partial charge in [-0.3, -0.25) is 9.59 Å². The largest absolute Gasteiger partial charge is 0.342 e. The molecule has 0 unspecified atom stereocenters. The fraction of sp³-hybridized carbons (Fsp3) is 0.391. The minimum atomic E-state index is -3.99. The number of rotatable bonds is 7. The first kappa shape index (κ1) is 23.4. The average molecular weight is 463 g/mol. The molecule has 1 amide bonds. The van der Waals surface area contributed by atoms with Crippen LogP contribution in [0.25, 0.3) is 0 Å². The highest BCUT2D eigenvalue weighted by Gasteiger charge is 2.29. The van der Waals surface area contributed by atoms with Crippen LogP contribution in [-0.4, -0.2) is 48.9 Å². The van der Waals surface area contributed by atoms with E-state index < -0.39 is 10.0 Å². The highest BCUT2D eigenvalue weighted by Crippen LogP contribution is 2.23. The normalized spacial score (nSPS) is 15.0. The number of carbonyl (C=O) groups is 2. The van der Waals surface area contributed by atoms with Gasteiger partial charge >= 0.3 is 0 Å². The van der Waals surface area contributed by atoms with Crippen LogP contribution < -0.4 is 0 Å². The molecule has 0 N–H and O–H groups in total. The van der Waals surface area contributed by atoms with Crippen molar-refractivity contribution in [2.75, 3.05) is 19.6 Å². The summed E-state index contributed by atoms with van der Waals surface area (Å²) in [4.78, 5) is 26.3. The Morgan fingerprint density at radius 3 is 2.16 bits per heavy atom. The van der Waals surface area contributed by atoms with Crippen LogP contribution in [0.15, 0.2) is 53.4 Å². The smallest absolute Gasteiger partial charge is 0.243 e. The van der Waals surface area contributed by atoms with E-state index in [1.54, 1.807) is 29.2 Å². The third kappa shape index (κ3) is 5.93. The molecule has 3 rings (SSSR count). The lowest BCUT2D eigenvalue weighted by Crippen LogP contribution is -2.43. The van der Waals surface area contributed by atoms with Gasteiger partial charge in [0.05, 0.1) is 11.4 Å². The molecular formula is C23H27ClN2O4S. The van der Waals surface area contributed by atoms with Gasteiger partial charge < -0.3 is 4.90 Å². The van der Waals surface area contributed by atoms with Crippen LogP contribution in [0, 0.1) is 0 Å². The van der Waals surface area contributed by atoms with Crippen LogP contribution in [0.2, 0.25) is 5.02 Å². The van der Waals surface area contributed by atoms with E-state index in [-0.39, 0.29) is 29.7 Å². The van der Waals surface area contributed by atoms with E-state index >= 15 is 0 Å². The molecule has 0 radical (unpaired) electrons. The molecule has 0 spiro atoms. The number of halogens is 1. The van der Waals surface area contributed by atoms with Gasteiger partial charge in [-0.05, 0) is 43.5 Å². The fourth-order valence-corrected chi connectivity index (χ4v) is 5.19. The molecule has 1 saturated heterocycles. The highest BCUT2D eigenvalue weighted by atomic mass is 35.5. The van der Waals surface area contributed by atoms with Crippen LogP contribution >= 0.6 is 11.6 Å². The molecule has 2 aromatic rings. The van der Waals surface area contributed by atoms with E-state index in [4.69, 9.17) is 11.6 Å². The Morgan fingerprint density at radius 2 is 1.58 bits per heavy atom. The van der Waals surface area contributed by atoms with Crippen molar-refractivity contribution in [3.63, 3.8) is 0 Å². The number of nitrogens with zero attached hydrogens (tertiary/aromatic N) is 2. The number of benzene rings is 2. The lowest BCUT2D eigenvalue weighted by Gasteiger charge is -2.26. The molecule has 0 aromatic heterocycles. The second-order valence-corrected chi connectivity index (χ2v) is 10.1. The quantitative estimate of drug-likeness (QED) is 0.579. The molecule has 1 aliphatic rings. The van der Waals surface area contributed by atoms with Gasteiger partial charge in [0.2, 0.25) is 15.9 Å². The van der Waals surface area contributed by atoms with Gasteiger partial charge in [0.15, 0.2) is 5.78 Å². The maximum absolute atomic E-state index is 13.4. The minimum absolute atomic E-state index is 0.0178. The Balaban J connectivity index is 1.91. The molecule has 8 heteroatoms. The molecule has 0 aliphatic carbocycles.